The van der Waals surface area contributed by atoms with E-state index in [2.05, 4.69) is 56.0 Å². The van der Waals surface area contributed by atoms with Crippen molar-refractivity contribution >= 4 is 11.1 Å². The number of hydrogen-bond acceptors (Lipinski definition) is 2. The van der Waals surface area contributed by atoms with Crippen LogP contribution in [0.1, 0.15) is 69.4 Å². The number of methoxy groups -OCH3 is 1. The molecule has 2 aliphatic carbocycles. The molecule has 0 bridgehead atoms. The molecule has 0 saturated heterocycles. The van der Waals surface area contributed by atoms with E-state index in [0.29, 0.717) is 0 Å². The highest BCUT2D eigenvalue weighted by atomic mass is 16.5. The topological polar surface area (TPSA) is 29.5 Å². The summed E-state index contributed by atoms with van der Waals surface area (Å²) < 4.78 is 5.72. The summed E-state index contributed by atoms with van der Waals surface area (Å²) >= 11 is 0. The Labute approximate surface area is 187 Å². The van der Waals surface area contributed by atoms with Gasteiger partial charge in [-0.25, -0.2) is 0 Å². The number of unbranched alkanes of at least 4 members (excludes halogenated alkanes) is 3. The minimum atomic E-state index is -0.279. The fraction of sp³-hybridized carbons (Fsp3) is 0.448. The fourth-order valence-electron chi connectivity index (χ4n) is 6.11. The van der Waals surface area contributed by atoms with E-state index in [1.807, 2.05) is 12.1 Å². The summed E-state index contributed by atoms with van der Waals surface area (Å²) in [7, 11) is 1.73. The molecule has 0 spiro atoms. The molecule has 4 rings (SSSR count). The molecule has 0 amide bonds. The van der Waals surface area contributed by atoms with Crippen molar-refractivity contribution in [2.24, 2.45) is 11.3 Å². The molecule has 2 aliphatic rings. The summed E-state index contributed by atoms with van der Waals surface area (Å²) in [6.45, 7) is 6.94. The molecule has 1 N–H and O–H groups in total. The molecule has 2 nitrogen and oxygen atoms in total. The Morgan fingerprint density at radius 2 is 1.81 bits per heavy atom. The van der Waals surface area contributed by atoms with Crippen LogP contribution in [0, 0.1) is 11.3 Å². The van der Waals surface area contributed by atoms with Gasteiger partial charge in [0.2, 0.25) is 0 Å². The molecular weight excluding hydrogens is 380 g/mol. The van der Waals surface area contributed by atoms with Gasteiger partial charge >= 0.3 is 0 Å². The molecule has 2 heteroatoms. The highest BCUT2D eigenvalue weighted by molar-refractivity contribution is 5.91. The zero-order valence-corrected chi connectivity index (χ0v) is 19.1. The molecule has 0 radical (unpaired) electrons. The molecule has 31 heavy (non-hydrogen) atoms. The van der Waals surface area contributed by atoms with Crippen LogP contribution in [0.25, 0.3) is 11.1 Å². The van der Waals surface area contributed by atoms with Gasteiger partial charge in [0, 0.05) is 16.9 Å². The van der Waals surface area contributed by atoms with Crippen molar-refractivity contribution in [3.8, 4) is 5.75 Å². The van der Waals surface area contributed by atoms with Crippen LogP contribution >= 0.6 is 0 Å². The lowest BCUT2D eigenvalue weighted by Gasteiger charge is -2.37. The summed E-state index contributed by atoms with van der Waals surface area (Å²) in [4.78, 5) is 0. The second-order valence-electron chi connectivity index (χ2n) is 9.22. The van der Waals surface area contributed by atoms with E-state index in [-0.39, 0.29) is 17.4 Å². The van der Waals surface area contributed by atoms with Crippen LogP contribution in [0.3, 0.4) is 0 Å². The summed E-state index contributed by atoms with van der Waals surface area (Å²) in [6.07, 6.45) is 8.63. The van der Waals surface area contributed by atoms with Gasteiger partial charge in [0.15, 0.2) is 0 Å². The van der Waals surface area contributed by atoms with E-state index in [0.717, 1.165) is 42.6 Å². The Morgan fingerprint density at radius 3 is 2.55 bits per heavy atom. The Kier molecular flexibility index (Phi) is 6.67. The molecule has 0 heterocycles. The van der Waals surface area contributed by atoms with Gasteiger partial charge < -0.3 is 9.84 Å². The van der Waals surface area contributed by atoms with Crippen molar-refractivity contribution < 1.29 is 9.84 Å². The van der Waals surface area contributed by atoms with E-state index in [1.165, 1.54) is 42.4 Å². The molecule has 1 fully saturated rings. The molecular formula is C29H36O2. The van der Waals surface area contributed by atoms with E-state index >= 15 is 0 Å². The second kappa shape index (κ2) is 9.44. The molecule has 0 aliphatic heterocycles. The molecule has 3 atom stereocenters. The summed E-state index contributed by atoms with van der Waals surface area (Å²) in [5.74, 6) is 1.06. The van der Waals surface area contributed by atoms with Crippen molar-refractivity contribution in [3.05, 3.63) is 77.9 Å². The van der Waals surface area contributed by atoms with Crippen LogP contribution in [0.15, 0.2) is 66.7 Å². The smallest absolute Gasteiger partial charge is 0.126 e. The summed E-state index contributed by atoms with van der Waals surface area (Å²) in [5.41, 5.74) is 6.21. The number of allylic oxidation sites excluding steroid dienone is 3. The predicted octanol–water partition coefficient (Wildman–Crippen LogP) is 7.29. The number of ether oxygens (including phenoxy) is 1. The maximum atomic E-state index is 11.1. The number of rotatable bonds is 9. The number of aliphatic hydroxyl groups excluding tert-OH is 1. The lowest BCUT2D eigenvalue weighted by Crippen LogP contribution is -2.29. The van der Waals surface area contributed by atoms with E-state index in [4.69, 9.17) is 4.74 Å². The summed E-state index contributed by atoms with van der Waals surface area (Å²) in [6, 6.07) is 19.1. The average molecular weight is 417 g/mol. The highest BCUT2D eigenvalue weighted by Gasteiger charge is 2.56. The first kappa shape index (κ1) is 21.9. The summed E-state index contributed by atoms with van der Waals surface area (Å²) in [5, 5.41) is 11.1. The van der Waals surface area contributed by atoms with Crippen LogP contribution < -0.4 is 4.74 Å². The number of benzene rings is 2. The van der Waals surface area contributed by atoms with Crippen molar-refractivity contribution in [1.82, 2.24) is 0 Å². The monoisotopic (exact) mass is 416 g/mol. The third kappa shape index (κ3) is 3.87. The van der Waals surface area contributed by atoms with E-state index < -0.39 is 0 Å². The van der Waals surface area contributed by atoms with E-state index in [9.17, 15) is 5.11 Å². The third-order valence-electron chi connectivity index (χ3n) is 7.56. The molecule has 2 aromatic carbocycles. The van der Waals surface area contributed by atoms with Crippen LogP contribution in [-0.2, 0) is 0 Å². The second-order valence-corrected chi connectivity index (χ2v) is 9.22. The zero-order valence-electron chi connectivity index (χ0n) is 19.1. The SMILES string of the molecule is C=C(c1ccccc1OC)C12CCC(O)C1CC(CCCCCC)=C2c1ccccc1. The molecule has 164 valence electrons. The molecule has 0 aromatic heterocycles. The van der Waals surface area contributed by atoms with E-state index in [1.54, 1.807) is 7.11 Å². The largest absolute Gasteiger partial charge is 0.496 e. The van der Waals surface area contributed by atoms with Crippen molar-refractivity contribution in [2.75, 3.05) is 7.11 Å². The Balaban J connectivity index is 1.83. The molecule has 2 aromatic rings. The lowest BCUT2D eigenvalue weighted by molar-refractivity contribution is 0.119. The first-order valence-electron chi connectivity index (χ1n) is 11.9. The van der Waals surface area contributed by atoms with Crippen LogP contribution in [0.5, 0.6) is 5.75 Å². The lowest BCUT2D eigenvalue weighted by atomic mass is 9.66. The van der Waals surface area contributed by atoms with Gasteiger partial charge in [0.1, 0.15) is 5.75 Å². The normalized spacial score (nSPS) is 25.0. The molecule has 1 saturated carbocycles. The Morgan fingerprint density at radius 1 is 1.06 bits per heavy atom. The van der Waals surface area contributed by atoms with Gasteiger partial charge in [-0.3, -0.25) is 0 Å². The van der Waals surface area contributed by atoms with Crippen LogP contribution in [-0.4, -0.2) is 18.3 Å². The fourth-order valence-corrected chi connectivity index (χ4v) is 6.11. The average Bonchev–Trinajstić information content (AvgIpc) is 3.31. The van der Waals surface area contributed by atoms with Gasteiger partial charge in [-0.1, -0.05) is 86.9 Å². The van der Waals surface area contributed by atoms with Crippen molar-refractivity contribution in [3.63, 3.8) is 0 Å². The number of aliphatic hydroxyl groups is 1. The molecule has 3 unspecified atom stereocenters. The van der Waals surface area contributed by atoms with Gasteiger partial charge in [-0.05, 0) is 54.9 Å². The van der Waals surface area contributed by atoms with Crippen molar-refractivity contribution in [2.45, 2.75) is 64.4 Å². The predicted molar refractivity (Wildman–Crippen MR) is 130 cm³/mol. The van der Waals surface area contributed by atoms with Crippen molar-refractivity contribution in [1.29, 1.82) is 0 Å². The first-order valence-corrected chi connectivity index (χ1v) is 11.9. The number of fused-ring (bicyclic) bond motifs is 1. The standard InChI is InChI=1S/C29H36O2/c1-4-5-6-8-15-23-20-25-26(30)18-19-29(25,28(23)22-13-9-7-10-14-22)21(2)24-16-11-12-17-27(24)31-3/h7,9-14,16-17,25-26,30H,2,4-6,8,15,18-20H2,1,3H3. The first-order chi connectivity index (χ1) is 15.1. The minimum Gasteiger partial charge on any atom is -0.496 e. The van der Waals surface area contributed by atoms with Gasteiger partial charge in [-0.2, -0.15) is 0 Å². The maximum absolute atomic E-state index is 11.1. The minimum absolute atomic E-state index is 0.196. The number of hydrogen-bond donors (Lipinski definition) is 1. The Bertz CT molecular complexity index is 942. The van der Waals surface area contributed by atoms with Gasteiger partial charge in [-0.15, -0.1) is 0 Å². The Hall–Kier alpha value is -2.32. The third-order valence-corrected chi connectivity index (χ3v) is 7.56. The number of para-hydroxylation sites is 1. The van der Waals surface area contributed by atoms with Gasteiger partial charge in [0.25, 0.3) is 0 Å². The quantitative estimate of drug-likeness (QED) is 0.435. The van der Waals surface area contributed by atoms with Gasteiger partial charge in [0.05, 0.1) is 13.2 Å². The van der Waals surface area contributed by atoms with Crippen LogP contribution in [0.2, 0.25) is 0 Å². The van der Waals surface area contributed by atoms with Crippen LogP contribution in [0.4, 0.5) is 0 Å². The maximum Gasteiger partial charge on any atom is 0.126 e. The highest BCUT2D eigenvalue weighted by Crippen LogP contribution is 2.66. The zero-order chi connectivity index (χ0) is 21.8.